The predicted molar refractivity (Wildman–Crippen MR) is 76.0 cm³/mol. The fourth-order valence-electron chi connectivity index (χ4n) is 1.71. The lowest BCUT2D eigenvalue weighted by Crippen LogP contribution is -2.12. The van der Waals surface area contributed by atoms with Gasteiger partial charge in [0.1, 0.15) is 28.1 Å². The van der Waals surface area contributed by atoms with Crippen molar-refractivity contribution in [2.75, 3.05) is 5.32 Å². The Morgan fingerprint density at radius 2 is 1.65 bits per heavy atom. The Hall–Kier alpha value is -2.08. The summed E-state index contributed by atoms with van der Waals surface area (Å²) in [4.78, 5) is -0.0940. The molecule has 2 nitrogen and oxygen atoms in total. The monoisotopic (exact) mass is 296 g/mol. The van der Waals surface area contributed by atoms with E-state index in [-0.39, 0.29) is 22.8 Å². The van der Waals surface area contributed by atoms with Gasteiger partial charge < -0.3 is 11.1 Å². The van der Waals surface area contributed by atoms with E-state index in [2.05, 4.69) is 17.5 Å². The Labute approximate surface area is 119 Å². The fraction of sp³-hybridized carbons (Fsp3) is 0.0714. The number of nitrogens with two attached hydrogens (primary N) is 1. The second-order valence-corrected chi connectivity index (χ2v) is 4.56. The molecule has 0 atom stereocenters. The molecule has 0 spiro atoms. The van der Waals surface area contributed by atoms with Gasteiger partial charge in [0.25, 0.3) is 0 Å². The summed E-state index contributed by atoms with van der Waals surface area (Å²) in [7, 11) is 0. The summed E-state index contributed by atoms with van der Waals surface area (Å²) >= 11 is 4.66. The highest BCUT2D eigenvalue weighted by atomic mass is 32.1. The van der Waals surface area contributed by atoms with Crippen LogP contribution in [0.25, 0.3) is 0 Å². The lowest BCUT2D eigenvalue weighted by Gasteiger charge is -2.11. The van der Waals surface area contributed by atoms with Crippen LogP contribution in [0.4, 0.5) is 18.9 Å². The summed E-state index contributed by atoms with van der Waals surface area (Å²) in [5, 5.41) is 2.53. The SMILES string of the molecule is NC(=S)c1cc(F)c(NCc2ccccc2F)c(F)c1. The maximum atomic E-state index is 13.8. The van der Waals surface area contributed by atoms with Gasteiger partial charge in [-0.25, -0.2) is 13.2 Å². The van der Waals surface area contributed by atoms with Gasteiger partial charge in [-0.1, -0.05) is 30.4 Å². The molecule has 0 fully saturated rings. The summed E-state index contributed by atoms with van der Waals surface area (Å²) < 4.78 is 40.9. The number of anilines is 1. The Balaban J connectivity index is 2.22. The molecule has 0 aliphatic rings. The van der Waals surface area contributed by atoms with Crippen LogP contribution in [0.15, 0.2) is 36.4 Å². The standard InChI is InChI=1S/C14H11F3N2S/c15-10-4-2-1-3-8(10)7-19-13-11(16)5-9(14(18)20)6-12(13)17/h1-6,19H,7H2,(H2,18,20). The highest BCUT2D eigenvalue weighted by Gasteiger charge is 2.12. The Morgan fingerprint density at radius 1 is 1.05 bits per heavy atom. The third-order valence-corrected chi connectivity index (χ3v) is 2.98. The zero-order valence-electron chi connectivity index (χ0n) is 10.3. The molecule has 2 aromatic carbocycles. The van der Waals surface area contributed by atoms with E-state index in [1.165, 1.54) is 18.2 Å². The molecule has 0 saturated heterocycles. The molecule has 0 amide bonds. The van der Waals surface area contributed by atoms with E-state index in [0.717, 1.165) is 12.1 Å². The highest BCUT2D eigenvalue weighted by Crippen LogP contribution is 2.22. The average molecular weight is 296 g/mol. The molecule has 0 aromatic heterocycles. The number of rotatable bonds is 4. The summed E-state index contributed by atoms with van der Waals surface area (Å²) in [6.45, 7) is -0.0348. The van der Waals surface area contributed by atoms with Crippen LogP contribution in [0.3, 0.4) is 0 Å². The molecule has 3 N–H and O–H groups in total. The smallest absolute Gasteiger partial charge is 0.150 e. The fourth-order valence-corrected chi connectivity index (χ4v) is 1.83. The van der Waals surface area contributed by atoms with E-state index in [1.54, 1.807) is 6.07 Å². The first-order valence-electron chi connectivity index (χ1n) is 5.75. The largest absolute Gasteiger partial charge is 0.389 e. The molecule has 0 aliphatic heterocycles. The number of benzene rings is 2. The van der Waals surface area contributed by atoms with Crippen molar-refractivity contribution in [1.29, 1.82) is 0 Å². The van der Waals surface area contributed by atoms with Gasteiger partial charge in [-0.2, -0.15) is 0 Å². The van der Waals surface area contributed by atoms with Crippen LogP contribution in [0.2, 0.25) is 0 Å². The van der Waals surface area contributed by atoms with Crippen molar-refractivity contribution in [2.24, 2.45) is 5.73 Å². The number of thiocarbonyl (C=S) groups is 1. The highest BCUT2D eigenvalue weighted by molar-refractivity contribution is 7.80. The normalized spacial score (nSPS) is 10.3. The minimum Gasteiger partial charge on any atom is -0.389 e. The van der Waals surface area contributed by atoms with Crippen molar-refractivity contribution < 1.29 is 13.2 Å². The van der Waals surface area contributed by atoms with Crippen molar-refractivity contribution in [2.45, 2.75) is 6.54 Å². The van der Waals surface area contributed by atoms with E-state index in [0.29, 0.717) is 5.56 Å². The second-order valence-electron chi connectivity index (χ2n) is 4.12. The van der Waals surface area contributed by atoms with Crippen molar-refractivity contribution in [3.63, 3.8) is 0 Å². The number of nitrogens with one attached hydrogen (secondary N) is 1. The van der Waals surface area contributed by atoms with Crippen molar-refractivity contribution in [1.82, 2.24) is 0 Å². The van der Waals surface area contributed by atoms with E-state index in [9.17, 15) is 13.2 Å². The van der Waals surface area contributed by atoms with Gasteiger partial charge in [0.05, 0.1) is 0 Å². The number of hydrogen-bond donors (Lipinski definition) is 2. The quantitative estimate of drug-likeness (QED) is 0.850. The topological polar surface area (TPSA) is 38.0 Å². The van der Waals surface area contributed by atoms with Crippen LogP contribution in [0.5, 0.6) is 0 Å². The van der Waals surface area contributed by atoms with Crippen LogP contribution in [0.1, 0.15) is 11.1 Å². The van der Waals surface area contributed by atoms with Gasteiger partial charge in [-0.3, -0.25) is 0 Å². The van der Waals surface area contributed by atoms with Gasteiger partial charge >= 0.3 is 0 Å². The first-order valence-corrected chi connectivity index (χ1v) is 6.16. The van der Waals surface area contributed by atoms with Crippen molar-refractivity contribution in [3.8, 4) is 0 Å². The molecule has 2 aromatic rings. The minimum atomic E-state index is -0.830. The maximum absolute atomic E-state index is 13.8. The Bertz CT molecular complexity index is 636. The molecular formula is C14H11F3N2S. The molecule has 0 bridgehead atoms. The second kappa shape index (κ2) is 5.92. The lowest BCUT2D eigenvalue weighted by atomic mass is 10.1. The zero-order chi connectivity index (χ0) is 14.7. The molecule has 6 heteroatoms. The van der Waals surface area contributed by atoms with Crippen LogP contribution < -0.4 is 11.1 Å². The van der Waals surface area contributed by atoms with Gasteiger partial charge in [0, 0.05) is 17.7 Å². The molecule has 0 saturated carbocycles. The third-order valence-electron chi connectivity index (χ3n) is 2.74. The summed E-state index contributed by atoms with van der Waals surface area (Å²) in [6.07, 6.45) is 0. The Kier molecular flexibility index (Phi) is 4.24. The van der Waals surface area contributed by atoms with E-state index < -0.39 is 17.5 Å². The Morgan fingerprint density at radius 3 is 2.20 bits per heavy atom. The van der Waals surface area contributed by atoms with Crippen LogP contribution >= 0.6 is 12.2 Å². The van der Waals surface area contributed by atoms with Crippen molar-refractivity contribution >= 4 is 22.9 Å². The van der Waals surface area contributed by atoms with Crippen LogP contribution in [-0.4, -0.2) is 4.99 Å². The summed E-state index contributed by atoms with van der Waals surface area (Å²) in [5.41, 5.74) is 5.39. The molecule has 0 radical (unpaired) electrons. The molecular weight excluding hydrogens is 285 g/mol. The molecule has 2 rings (SSSR count). The summed E-state index contributed by atoms with van der Waals surface area (Å²) in [6, 6.07) is 8.06. The van der Waals surface area contributed by atoms with Gasteiger partial charge in [-0.05, 0) is 18.2 Å². The molecule has 0 unspecified atom stereocenters. The van der Waals surface area contributed by atoms with Crippen molar-refractivity contribution in [3.05, 3.63) is 65.0 Å². The summed E-state index contributed by atoms with van der Waals surface area (Å²) in [5.74, 6) is -2.10. The van der Waals surface area contributed by atoms with E-state index in [1.807, 2.05) is 0 Å². The third kappa shape index (κ3) is 3.08. The first-order chi connectivity index (χ1) is 9.49. The zero-order valence-corrected chi connectivity index (χ0v) is 11.1. The predicted octanol–water partition coefficient (Wildman–Crippen LogP) is 3.35. The van der Waals surface area contributed by atoms with Crippen LogP contribution in [-0.2, 0) is 6.54 Å². The van der Waals surface area contributed by atoms with Crippen LogP contribution in [0, 0.1) is 17.5 Å². The average Bonchev–Trinajstić information content (AvgIpc) is 2.39. The van der Waals surface area contributed by atoms with E-state index >= 15 is 0 Å². The molecule has 0 aliphatic carbocycles. The lowest BCUT2D eigenvalue weighted by molar-refractivity contribution is 0.584. The first kappa shape index (κ1) is 14.3. The number of halogens is 3. The maximum Gasteiger partial charge on any atom is 0.150 e. The molecule has 104 valence electrons. The van der Waals surface area contributed by atoms with Gasteiger partial charge in [-0.15, -0.1) is 0 Å². The molecule has 20 heavy (non-hydrogen) atoms. The van der Waals surface area contributed by atoms with Gasteiger partial charge in [0.15, 0.2) is 0 Å². The number of hydrogen-bond acceptors (Lipinski definition) is 2. The molecule has 0 heterocycles. The van der Waals surface area contributed by atoms with E-state index in [4.69, 9.17) is 5.73 Å². The van der Waals surface area contributed by atoms with Gasteiger partial charge in [0.2, 0.25) is 0 Å². The minimum absolute atomic E-state index is 0.0348.